The van der Waals surface area contributed by atoms with E-state index in [0.717, 1.165) is 18.0 Å². The van der Waals surface area contributed by atoms with Crippen molar-refractivity contribution in [3.05, 3.63) is 48.0 Å². The number of carbonyl (C=O) groups excluding carboxylic acids is 1. The molecule has 3 nitrogen and oxygen atoms in total. The first-order chi connectivity index (χ1) is 10.2. The number of carbonyl (C=O) groups is 1. The quantitative estimate of drug-likeness (QED) is 0.801. The van der Waals surface area contributed by atoms with E-state index in [2.05, 4.69) is 18.0 Å². The number of hydrogen-bond donors (Lipinski definition) is 2. The number of nitrogens with one attached hydrogen (secondary N) is 2. The Kier molecular flexibility index (Phi) is 4.11. The van der Waals surface area contributed by atoms with Crippen LogP contribution in [0.4, 0.5) is 0 Å². The molecule has 4 atom stereocenters. The molecule has 21 heavy (non-hydrogen) atoms. The first-order valence-corrected chi connectivity index (χ1v) is 7.99. The fourth-order valence-electron chi connectivity index (χ4n) is 3.88. The molecule has 2 bridgehead atoms. The lowest BCUT2D eigenvalue weighted by molar-refractivity contribution is -0.944. The third kappa shape index (κ3) is 3.03. The molecule has 1 amide bonds. The van der Waals surface area contributed by atoms with Crippen molar-refractivity contribution in [2.75, 3.05) is 19.6 Å². The van der Waals surface area contributed by atoms with Gasteiger partial charge in [0.25, 0.3) is 5.91 Å². The summed E-state index contributed by atoms with van der Waals surface area (Å²) < 4.78 is 0. The van der Waals surface area contributed by atoms with Gasteiger partial charge in [-0.3, -0.25) is 4.79 Å². The standard InChI is InChI=1S/C18H24N2O/c1-3-14-12-20-9-8-16(14)10-17(20)11-19-18(21)15-6-4-13(2)5-7-15/h3-7,14,16-17H,1,8-12H2,2H3,(H,19,21)/p+1/t14-,16-,17+/m0/s1. The number of quaternary nitrogens is 1. The molecule has 3 aliphatic heterocycles. The molecule has 3 fully saturated rings. The summed E-state index contributed by atoms with van der Waals surface area (Å²) in [7, 11) is 0. The molecule has 0 spiro atoms. The molecule has 2 N–H and O–H groups in total. The van der Waals surface area contributed by atoms with Gasteiger partial charge in [0.1, 0.15) is 6.04 Å². The Bertz CT molecular complexity index is 523. The minimum Gasteiger partial charge on any atom is -0.346 e. The van der Waals surface area contributed by atoms with Crippen molar-refractivity contribution < 1.29 is 9.69 Å². The lowest BCUT2D eigenvalue weighted by Gasteiger charge is -2.46. The van der Waals surface area contributed by atoms with E-state index in [4.69, 9.17) is 0 Å². The van der Waals surface area contributed by atoms with Gasteiger partial charge in [-0.2, -0.15) is 0 Å². The van der Waals surface area contributed by atoms with Crippen LogP contribution in [0.5, 0.6) is 0 Å². The molecule has 0 saturated carbocycles. The zero-order valence-electron chi connectivity index (χ0n) is 12.8. The largest absolute Gasteiger partial charge is 0.346 e. The third-order valence-electron chi connectivity index (χ3n) is 5.23. The van der Waals surface area contributed by atoms with Gasteiger partial charge in [0.15, 0.2) is 0 Å². The summed E-state index contributed by atoms with van der Waals surface area (Å²) in [6.07, 6.45) is 4.67. The molecule has 0 aliphatic carbocycles. The van der Waals surface area contributed by atoms with E-state index in [9.17, 15) is 4.79 Å². The Labute approximate surface area is 127 Å². The van der Waals surface area contributed by atoms with Crippen LogP contribution in [-0.2, 0) is 0 Å². The molecule has 3 aliphatic rings. The smallest absolute Gasteiger partial charge is 0.251 e. The lowest BCUT2D eigenvalue weighted by Crippen LogP contribution is -3.20. The van der Waals surface area contributed by atoms with Crippen LogP contribution < -0.4 is 10.2 Å². The van der Waals surface area contributed by atoms with E-state index in [-0.39, 0.29) is 5.91 Å². The monoisotopic (exact) mass is 285 g/mol. The maximum absolute atomic E-state index is 12.2. The molecule has 4 rings (SSSR count). The van der Waals surface area contributed by atoms with Gasteiger partial charge in [-0.15, -0.1) is 6.58 Å². The molecule has 1 aromatic rings. The summed E-state index contributed by atoms with van der Waals surface area (Å²) >= 11 is 0. The van der Waals surface area contributed by atoms with Crippen molar-refractivity contribution in [1.82, 2.24) is 5.32 Å². The van der Waals surface area contributed by atoms with E-state index in [1.165, 1.54) is 31.5 Å². The number of rotatable bonds is 4. The molecule has 3 saturated heterocycles. The predicted octanol–water partition coefficient (Wildman–Crippen LogP) is 1.20. The summed E-state index contributed by atoms with van der Waals surface area (Å²) in [5.41, 5.74) is 1.94. The SMILES string of the molecule is C=C[C@H]1C[NH+]2CC[C@H]1C[C@@H]2CNC(=O)c1ccc(C)cc1. The van der Waals surface area contributed by atoms with Crippen molar-refractivity contribution >= 4 is 5.91 Å². The second-order valence-corrected chi connectivity index (χ2v) is 6.57. The van der Waals surface area contributed by atoms with Gasteiger partial charge in [-0.05, 0) is 25.0 Å². The second kappa shape index (κ2) is 6.02. The van der Waals surface area contributed by atoms with Crippen molar-refractivity contribution in [3.63, 3.8) is 0 Å². The van der Waals surface area contributed by atoms with Crippen molar-refractivity contribution in [3.8, 4) is 0 Å². The molecule has 3 heterocycles. The summed E-state index contributed by atoms with van der Waals surface area (Å²) in [6.45, 7) is 9.24. The number of fused-ring (bicyclic) bond motifs is 3. The van der Waals surface area contributed by atoms with E-state index >= 15 is 0 Å². The van der Waals surface area contributed by atoms with Gasteiger partial charge in [0.05, 0.1) is 19.6 Å². The van der Waals surface area contributed by atoms with Crippen LogP contribution in [0.25, 0.3) is 0 Å². The van der Waals surface area contributed by atoms with Crippen molar-refractivity contribution in [2.45, 2.75) is 25.8 Å². The Morgan fingerprint density at radius 3 is 2.81 bits per heavy atom. The van der Waals surface area contributed by atoms with Crippen LogP contribution in [0.1, 0.15) is 28.8 Å². The molecule has 3 heteroatoms. The minimum atomic E-state index is 0.0531. The number of amides is 1. The average Bonchev–Trinajstić information content (AvgIpc) is 2.53. The predicted molar refractivity (Wildman–Crippen MR) is 84.4 cm³/mol. The molecule has 112 valence electrons. The molecule has 1 aromatic carbocycles. The molecule has 0 aromatic heterocycles. The van der Waals surface area contributed by atoms with Gasteiger partial charge in [0.2, 0.25) is 0 Å². The maximum atomic E-state index is 12.2. The van der Waals surface area contributed by atoms with E-state index in [1.54, 1.807) is 4.90 Å². The topological polar surface area (TPSA) is 33.5 Å². The second-order valence-electron chi connectivity index (χ2n) is 6.57. The van der Waals surface area contributed by atoms with E-state index in [1.807, 2.05) is 31.2 Å². The lowest BCUT2D eigenvalue weighted by atomic mass is 9.75. The summed E-state index contributed by atoms with van der Waals surface area (Å²) in [6, 6.07) is 8.35. The zero-order chi connectivity index (χ0) is 14.8. The number of hydrogen-bond acceptors (Lipinski definition) is 1. The third-order valence-corrected chi connectivity index (χ3v) is 5.23. The molecule has 0 radical (unpaired) electrons. The van der Waals surface area contributed by atoms with Crippen LogP contribution in [0.3, 0.4) is 0 Å². The zero-order valence-corrected chi connectivity index (χ0v) is 12.8. The fraction of sp³-hybridized carbons (Fsp3) is 0.500. The maximum Gasteiger partial charge on any atom is 0.251 e. The summed E-state index contributed by atoms with van der Waals surface area (Å²) in [5, 5.41) is 3.12. The van der Waals surface area contributed by atoms with Gasteiger partial charge in [-0.25, -0.2) is 0 Å². The van der Waals surface area contributed by atoms with E-state index < -0.39 is 0 Å². The van der Waals surface area contributed by atoms with Crippen LogP contribution in [0.15, 0.2) is 36.9 Å². The van der Waals surface area contributed by atoms with Crippen molar-refractivity contribution in [2.24, 2.45) is 11.8 Å². The molecular weight excluding hydrogens is 260 g/mol. The average molecular weight is 285 g/mol. The highest BCUT2D eigenvalue weighted by atomic mass is 16.1. The number of piperidine rings is 3. The highest BCUT2D eigenvalue weighted by molar-refractivity contribution is 5.94. The Morgan fingerprint density at radius 1 is 1.43 bits per heavy atom. The normalized spacial score (nSPS) is 30.9. The van der Waals surface area contributed by atoms with Gasteiger partial charge in [0, 0.05) is 24.3 Å². The Morgan fingerprint density at radius 2 is 2.19 bits per heavy atom. The van der Waals surface area contributed by atoms with Crippen LogP contribution in [0, 0.1) is 18.8 Å². The van der Waals surface area contributed by atoms with Crippen LogP contribution in [-0.4, -0.2) is 31.6 Å². The fourth-order valence-corrected chi connectivity index (χ4v) is 3.88. The highest BCUT2D eigenvalue weighted by Gasteiger charge is 2.42. The summed E-state index contributed by atoms with van der Waals surface area (Å²) in [5.74, 6) is 1.51. The van der Waals surface area contributed by atoms with Crippen LogP contribution in [0.2, 0.25) is 0 Å². The van der Waals surface area contributed by atoms with Gasteiger partial charge < -0.3 is 10.2 Å². The van der Waals surface area contributed by atoms with Gasteiger partial charge >= 0.3 is 0 Å². The Balaban J connectivity index is 1.55. The van der Waals surface area contributed by atoms with Gasteiger partial charge in [-0.1, -0.05) is 23.8 Å². The first-order valence-electron chi connectivity index (χ1n) is 7.99. The minimum absolute atomic E-state index is 0.0531. The number of benzene rings is 1. The molecule has 1 unspecified atom stereocenters. The first kappa shape index (κ1) is 14.3. The van der Waals surface area contributed by atoms with Crippen LogP contribution >= 0.6 is 0 Å². The highest BCUT2D eigenvalue weighted by Crippen LogP contribution is 2.27. The molecular formula is C18H25N2O+. The number of aryl methyl sites for hydroxylation is 1. The summed E-state index contributed by atoms with van der Waals surface area (Å²) in [4.78, 5) is 13.8. The van der Waals surface area contributed by atoms with Crippen molar-refractivity contribution in [1.29, 1.82) is 0 Å². The Hall–Kier alpha value is -1.61. The van der Waals surface area contributed by atoms with E-state index in [0.29, 0.717) is 12.0 Å².